The van der Waals surface area contributed by atoms with Gasteiger partial charge in [0.05, 0.1) is 215 Å². The summed E-state index contributed by atoms with van der Waals surface area (Å²) in [5, 5.41) is 193. The molecule has 4 aliphatic rings. The highest BCUT2D eigenvalue weighted by Gasteiger charge is 2.48. The summed E-state index contributed by atoms with van der Waals surface area (Å²) in [6.07, 6.45) is -22.6. The fourth-order valence-corrected chi connectivity index (χ4v) is 10.5. The van der Waals surface area contributed by atoms with Crippen LogP contribution in [0.2, 0.25) is 0 Å². The molecular weight excluding hydrogens is 1360 g/mol. The topological polar surface area (TPSA) is 594 Å². The second kappa shape index (κ2) is 42.4. The van der Waals surface area contributed by atoms with Gasteiger partial charge < -0.3 is 157 Å². The molecule has 4 fully saturated rings. The molecule has 0 saturated carbocycles. The van der Waals surface area contributed by atoms with E-state index in [1.165, 1.54) is 18.7 Å². The summed E-state index contributed by atoms with van der Waals surface area (Å²) in [6, 6.07) is 0. The van der Waals surface area contributed by atoms with E-state index in [0.29, 0.717) is 22.8 Å². The molecule has 576 valence electrons. The Balaban J connectivity index is 0.821. The van der Waals surface area contributed by atoms with Gasteiger partial charge in [-0.1, -0.05) is 20.9 Å². The molecular formula is C57H96N12O32. The standard InChI is InChI=1S/C57H96N12O32/c70-21-37-41(74)45(78)49(82)53(98-37)94-25-33-17-66(62-58-33)1-5-86-9-13-90-29-57(30-91-14-10-87-6-2-67-18-34(59-63-67)26-95-54-50(83)46(79)42(75)38(22-71)99-54,31-92-15-11-88-7-3-68-19-35(60-64-68)27-96-55-51(84)47(80)43(76)39(23-72)100-55)32-93-16-12-89-8-4-69-20-36(61-65-69)28-97-56-52(85)48(81)44(77)40(24-73)101-56/h17-20,37-56,70-85H,1-16,21-32H2/t37-,38-,39-,40-,41-,42-,43-,44-,45+,46+,47+,48+,49-,50-,51-,52-,53+,54+,55+,56+/m1/s1. The van der Waals surface area contributed by atoms with Crippen molar-refractivity contribution >= 4 is 0 Å². The molecule has 44 nitrogen and oxygen atoms in total. The van der Waals surface area contributed by atoms with Gasteiger partial charge in [-0.05, 0) is 0 Å². The Bertz CT molecular complexity index is 2510. The Hall–Kier alpha value is -4.72. The third kappa shape index (κ3) is 24.7. The first kappa shape index (κ1) is 81.9. The normalized spacial score (nSPS) is 30.4. The molecule has 4 saturated heterocycles. The molecule has 0 spiro atoms. The van der Waals surface area contributed by atoms with Crippen molar-refractivity contribution in [1.29, 1.82) is 0 Å². The molecule has 4 aromatic heterocycles. The van der Waals surface area contributed by atoms with E-state index in [4.69, 9.17) is 75.8 Å². The predicted octanol–water partition coefficient (Wildman–Crippen LogP) is -11.5. The zero-order chi connectivity index (χ0) is 72.3. The summed E-state index contributed by atoms with van der Waals surface area (Å²) in [5.41, 5.74) is 0.458. The minimum Gasteiger partial charge on any atom is -0.394 e. The highest BCUT2D eigenvalue weighted by Crippen LogP contribution is 2.28. The Morgan fingerprint density at radius 2 is 0.495 bits per heavy atom. The van der Waals surface area contributed by atoms with Gasteiger partial charge in [0.15, 0.2) is 25.2 Å². The molecule has 0 aliphatic carbocycles. The van der Waals surface area contributed by atoms with Crippen LogP contribution in [0.3, 0.4) is 0 Å². The molecule has 101 heavy (non-hydrogen) atoms. The van der Waals surface area contributed by atoms with Crippen LogP contribution in [0.15, 0.2) is 24.8 Å². The van der Waals surface area contributed by atoms with Crippen LogP contribution in [0.25, 0.3) is 0 Å². The SMILES string of the molecule is OC[C@H]1O[C@H](OCc2cn(CCOCCOCC(COCCOCCn3cc(CO[C@H]4O[C@H](CO)[C@@H](O)[C@H](O)[C@H]4O)nn3)(COCCOCCn3cc(CO[C@H]4O[C@H](CO)[C@@H](O)[C@H](O)[C@H]4O)nn3)COCCOCCn3cc(CO[C@H]4O[C@H](CO)[C@@H](O)[C@H](O)[C@H]4O)nn3)nn2)[C@H](O)[C@@H](O)[C@@H]1O. The van der Waals surface area contributed by atoms with Crippen LogP contribution in [0.1, 0.15) is 22.8 Å². The van der Waals surface area contributed by atoms with Crippen molar-refractivity contribution < 1.29 is 157 Å². The summed E-state index contributed by atoms with van der Waals surface area (Å²) < 4.78 is 98.3. The summed E-state index contributed by atoms with van der Waals surface area (Å²) >= 11 is 0. The first-order chi connectivity index (χ1) is 48.8. The molecule has 0 aromatic carbocycles. The molecule has 20 atom stereocenters. The summed E-state index contributed by atoms with van der Waals surface area (Å²) in [5.74, 6) is 0. The highest BCUT2D eigenvalue weighted by atomic mass is 16.7. The minimum absolute atomic E-state index is 0.0397. The molecule has 0 unspecified atom stereocenters. The summed E-state index contributed by atoms with van der Waals surface area (Å²) in [4.78, 5) is 0. The van der Waals surface area contributed by atoms with Crippen molar-refractivity contribution in [3.8, 4) is 0 Å². The molecule has 8 rings (SSSR count). The van der Waals surface area contributed by atoms with Gasteiger partial charge in [0.25, 0.3) is 0 Å². The van der Waals surface area contributed by atoms with Gasteiger partial charge in [-0.25, -0.2) is 18.7 Å². The lowest BCUT2D eigenvalue weighted by Gasteiger charge is -2.39. The quantitative estimate of drug-likeness (QED) is 0.0183. The van der Waals surface area contributed by atoms with E-state index >= 15 is 0 Å². The number of hydrogen-bond donors (Lipinski definition) is 16. The number of aromatic nitrogens is 12. The molecule has 4 aromatic rings. The number of ether oxygens (including phenoxy) is 16. The number of aliphatic hydroxyl groups is 16. The number of hydrogen-bond acceptors (Lipinski definition) is 40. The third-order valence-electron chi connectivity index (χ3n) is 16.3. The molecule has 0 bridgehead atoms. The third-order valence-corrected chi connectivity index (χ3v) is 16.3. The predicted molar refractivity (Wildman–Crippen MR) is 323 cm³/mol. The summed E-state index contributed by atoms with van der Waals surface area (Å²) in [7, 11) is 0. The van der Waals surface area contributed by atoms with Gasteiger partial charge in [-0.3, -0.25) is 0 Å². The van der Waals surface area contributed by atoms with E-state index < -0.39 is 155 Å². The molecule has 0 amide bonds. The van der Waals surface area contributed by atoms with Gasteiger partial charge in [-0.2, -0.15) is 0 Å². The highest BCUT2D eigenvalue weighted by molar-refractivity contribution is 4.97. The van der Waals surface area contributed by atoms with Crippen molar-refractivity contribution in [1.82, 2.24) is 60.0 Å². The fourth-order valence-electron chi connectivity index (χ4n) is 10.5. The van der Waals surface area contributed by atoms with Gasteiger partial charge >= 0.3 is 0 Å². The van der Waals surface area contributed by atoms with Crippen molar-refractivity contribution in [2.75, 3.05) is 132 Å². The molecule has 16 N–H and O–H groups in total. The van der Waals surface area contributed by atoms with Gasteiger partial charge in [0.1, 0.15) is 120 Å². The Labute approximate surface area is 576 Å². The van der Waals surface area contributed by atoms with E-state index in [-0.39, 0.29) is 158 Å². The number of rotatable bonds is 48. The second-order valence-electron chi connectivity index (χ2n) is 24.1. The minimum atomic E-state index is -1.61. The smallest absolute Gasteiger partial charge is 0.187 e. The first-order valence-corrected chi connectivity index (χ1v) is 32.7. The van der Waals surface area contributed by atoms with Crippen LogP contribution >= 0.6 is 0 Å². The van der Waals surface area contributed by atoms with Crippen LogP contribution in [0.4, 0.5) is 0 Å². The molecule has 0 radical (unpaired) electrons. The van der Waals surface area contributed by atoms with Crippen molar-refractivity contribution in [2.24, 2.45) is 5.41 Å². The van der Waals surface area contributed by atoms with E-state index in [0.717, 1.165) is 0 Å². The molecule has 44 heteroatoms. The second-order valence-corrected chi connectivity index (χ2v) is 24.1. The average molecular weight is 1460 g/mol. The van der Waals surface area contributed by atoms with E-state index in [2.05, 4.69) is 41.2 Å². The lowest BCUT2D eigenvalue weighted by atomic mass is 9.92. The van der Waals surface area contributed by atoms with E-state index in [1.807, 2.05) is 0 Å². The van der Waals surface area contributed by atoms with Crippen molar-refractivity contribution in [2.45, 2.75) is 175 Å². The maximum atomic E-state index is 10.3. The maximum absolute atomic E-state index is 10.3. The lowest BCUT2D eigenvalue weighted by molar-refractivity contribution is -0.304. The van der Waals surface area contributed by atoms with Crippen molar-refractivity contribution in [3.05, 3.63) is 47.6 Å². The van der Waals surface area contributed by atoms with Crippen LogP contribution in [-0.4, -0.2) is 397 Å². The molecule has 4 aliphatic heterocycles. The van der Waals surface area contributed by atoms with Crippen LogP contribution in [0, 0.1) is 5.41 Å². The van der Waals surface area contributed by atoms with E-state index in [1.54, 1.807) is 24.8 Å². The van der Waals surface area contributed by atoms with Crippen LogP contribution in [0.5, 0.6) is 0 Å². The van der Waals surface area contributed by atoms with Crippen LogP contribution < -0.4 is 0 Å². The summed E-state index contributed by atoms with van der Waals surface area (Å²) in [6.45, 7) is -0.122. The largest absolute Gasteiger partial charge is 0.394 e. The van der Waals surface area contributed by atoms with E-state index in [9.17, 15) is 81.7 Å². The Morgan fingerprint density at radius 3 is 0.703 bits per heavy atom. The number of aliphatic hydroxyl groups excluding tert-OH is 16. The van der Waals surface area contributed by atoms with Gasteiger partial charge in [-0.15, -0.1) is 20.4 Å². The average Bonchev–Trinajstić information content (AvgIpc) is 1.09. The zero-order valence-electron chi connectivity index (χ0n) is 55.2. The molecule has 8 heterocycles. The fraction of sp³-hybridized carbons (Fsp3) is 0.860. The van der Waals surface area contributed by atoms with Crippen LogP contribution in [-0.2, 0) is 128 Å². The lowest BCUT2D eigenvalue weighted by Crippen LogP contribution is -2.59. The first-order valence-electron chi connectivity index (χ1n) is 32.7. The number of nitrogens with zero attached hydrogens (tertiary/aromatic N) is 12. The van der Waals surface area contributed by atoms with Crippen molar-refractivity contribution in [3.63, 3.8) is 0 Å². The zero-order valence-corrected chi connectivity index (χ0v) is 55.2. The monoisotopic (exact) mass is 1460 g/mol. The van der Waals surface area contributed by atoms with Gasteiger partial charge in [0, 0.05) is 0 Å². The Morgan fingerprint density at radius 1 is 0.287 bits per heavy atom. The Kier molecular flexibility index (Phi) is 34.4. The van der Waals surface area contributed by atoms with Gasteiger partial charge in [0.2, 0.25) is 0 Å². The maximum Gasteiger partial charge on any atom is 0.187 e.